The number of benzene rings is 3. The van der Waals surface area contributed by atoms with Crippen molar-refractivity contribution in [1.29, 1.82) is 0 Å². The molecule has 1 atom stereocenters. The number of esters is 1. The zero-order valence-corrected chi connectivity index (χ0v) is 27.0. The first-order chi connectivity index (χ1) is 22.2. The van der Waals surface area contributed by atoms with Gasteiger partial charge in [0.15, 0.2) is 16.6 Å². The first-order valence-electron chi connectivity index (χ1n) is 14.7. The van der Waals surface area contributed by atoms with Crippen LogP contribution >= 0.6 is 11.3 Å². The van der Waals surface area contributed by atoms with E-state index in [1.54, 1.807) is 56.3 Å². The molecular weight excluding hydrogens is 608 g/mol. The van der Waals surface area contributed by atoms with Gasteiger partial charge in [-0.15, -0.1) is 0 Å². The van der Waals surface area contributed by atoms with E-state index in [-0.39, 0.29) is 27.9 Å². The summed E-state index contributed by atoms with van der Waals surface area (Å²) in [5.41, 5.74) is 3.12. The number of carbonyl (C=O) groups excluding carboxylic acids is 3. The Morgan fingerprint density at radius 2 is 1.72 bits per heavy atom. The highest BCUT2D eigenvalue weighted by atomic mass is 32.1. The van der Waals surface area contributed by atoms with Crippen molar-refractivity contribution >= 4 is 39.9 Å². The summed E-state index contributed by atoms with van der Waals surface area (Å²) >= 11 is 0.937. The highest BCUT2D eigenvalue weighted by Gasteiger charge is 2.48. The van der Waals surface area contributed by atoms with E-state index in [9.17, 15) is 19.5 Å². The number of thiazole rings is 1. The van der Waals surface area contributed by atoms with Gasteiger partial charge in [-0.2, -0.15) is 0 Å². The van der Waals surface area contributed by atoms with Gasteiger partial charge in [-0.3, -0.25) is 14.5 Å². The van der Waals surface area contributed by atoms with Crippen molar-refractivity contribution in [1.82, 2.24) is 4.98 Å². The number of amides is 1. The summed E-state index contributed by atoms with van der Waals surface area (Å²) in [4.78, 5) is 45.8. The predicted octanol–water partition coefficient (Wildman–Crippen LogP) is 6.55. The van der Waals surface area contributed by atoms with Crippen LogP contribution in [0.25, 0.3) is 5.76 Å². The van der Waals surface area contributed by atoms with Crippen LogP contribution in [-0.2, 0) is 20.9 Å². The van der Waals surface area contributed by atoms with Gasteiger partial charge < -0.3 is 24.1 Å². The van der Waals surface area contributed by atoms with Crippen LogP contribution in [-0.4, -0.2) is 48.1 Å². The van der Waals surface area contributed by atoms with Gasteiger partial charge >= 0.3 is 11.9 Å². The normalized spacial score (nSPS) is 15.6. The molecule has 11 heteroatoms. The first-order valence-corrected chi connectivity index (χ1v) is 15.5. The highest BCUT2D eigenvalue weighted by molar-refractivity contribution is 7.17. The fourth-order valence-corrected chi connectivity index (χ4v) is 6.17. The van der Waals surface area contributed by atoms with Gasteiger partial charge in [-0.1, -0.05) is 47.2 Å². The standard InChI is InChI=1S/C35H34N2O8S/c1-6-43-26-16-13-24(18-27(26)42-5)29-28(31(39)33(40)37(29)35-36-21(4)32(46-35)34(41)44-7-2)30(38)23-11-14-25(15-12-23)45-19-22-10-8-9-20(3)17-22/h8-18,29,38H,6-7,19H2,1-5H3. The van der Waals surface area contributed by atoms with E-state index in [1.165, 1.54) is 12.0 Å². The molecule has 238 valence electrons. The van der Waals surface area contributed by atoms with Gasteiger partial charge in [0.25, 0.3) is 5.78 Å². The molecule has 1 aromatic heterocycles. The summed E-state index contributed by atoms with van der Waals surface area (Å²) in [6.07, 6.45) is 0. The number of aryl methyl sites for hydroxylation is 2. The van der Waals surface area contributed by atoms with Crippen LogP contribution in [0.4, 0.5) is 5.13 Å². The lowest BCUT2D eigenvalue weighted by atomic mass is 9.95. The number of Topliss-reactive ketones (excluding diaryl/α,β-unsaturated/α-hetero) is 1. The van der Waals surface area contributed by atoms with Crippen molar-refractivity contribution in [2.75, 3.05) is 25.2 Å². The van der Waals surface area contributed by atoms with Crippen LogP contribution in [0.15, 0.2) is 72.3 Å². The summed E-state index contributed by atoms with van der Waals surface area (Å²) in [7, 11) is 1.48. The third-order valence-corrected chi connectivity index (χ3v) is 8.45. The maximum absolute atomic E-state index is 13.7. The number of aliphatic hydroxyl groups excluding tert-OH is 1. The van der Waals surface area contributed by atoms with Crippen molar-refractivity contribution in [2.45, 2.75) is 40.3 Å². The maximum Gasteiger partial charge on any atom is 0.350 e. The molecule has 10 nitrogen and oxygen atoms in total. The molecule has 5 rings (SSSR count). The third-order valence-electron chi connectivity index (χ3n) is 7.32. The van der Waals surface area contributed by atoms with Crippen molar-refractivity contribution in [3.63, 3.8) is 0 Å². The van der Waals surface area contributed by atoms with E-state index >= 15 is 0 Å². The number of methoxy groups -OCH3 is 1. The Morgan fingerprint density at radius 3 is 2.39 bits per heavy atom. The summed E-state index contributed by atoms with van der Waals surface area (Å²) in [6.45, 7) is 8.09. The molecule has 1 unspecified atom stereocenters. The molecule has 4 aromatic rings. The van der Waals surface area contributed by atoms with Gasteiger partial charge in [0.2, 0.25) is 0 Å². The second-order valence-electron chi connectivity index (χ2n) is 10.4. The second-order valence-corrected chi connectivity index (χ2v) is 11.4. The molecule has 0 radical (unpaired) electrons. The molecule has 3 aromatic carbocycles. The Balaban J connectivity index is 1.57. The van der Waals surface area contributed by atoms with E-state index < -0.39 is 23.7 Å². The number of nitrogens with zero attached hydrogens (tertiary/aromatic N) is 2. The van der Waals surface area contributed by atoms with Crippen molar-refractivity contribution in [3.05, 3.63) is 105 Å². The van der Waals surface area contributed by atoms with Gasteiger partial charge in [-0.05, 0) is 75.2 Å². The van der Waals surface area contributed by atoms with Crippen molar-refractivity contribution < 1.29 is 38.4 Å². The van der Waals surface area contributed by atoms with Crippen LogP contribution in [0.2, 0.25) is 0 Å². The number of aromatic nitrogens is 1. The smallest absolute Gasteiger partial charge is 0.350 e. The molecule has 1 aliphatic rings. The van der Waals surface area contributed by atoms with Crippen LogP contribution in [0.1, 0.15) is 57.5 Å². The molecule has 0 aliphatic carbocycles. The SMILES string of the molecule is CCOC(=O)c1sc(N2C(=O)C(=O)C(=C(O)c3ccc(OCc4cccc(C)c4)cc3)C2c2ccc(OCC)c(OC)c2)nc1C. The molecule has 1 N–H and O–H groups in total. The van der Waals surface area contributed by atoms with Gasteiger partial charge in [0.1, 0.15) is 23.0 Å². The van der Waals surface area contributed by atoms with Gasteiger partial charge in [0.05, 0.1) is 37.6 Å². The largest absolute Gasteiger partial charge is 0.507 e. The fraction of sp³-hybridized carbons (Fsp3) is 0.257. The van der Waals surface area contributed by atoms with Crippen LogP contribution in [0.3, 0.4) is 0 Å². The van der Waals surface area contributed by atoms with E-state index in [0.717, 1.165) is 22.5 Å². The summed E-state index contributed by atoms with van der Waals surface area (Å²) < 4.78 is 22.3. The number of hydrogen-bond acceptors (Lipinski definition) is 10. The summed E-state index contributed by atoms with van der Waals surface area (Å²) in [5, 5.41) is 11.7. The maximum atomic E-state index is 13.7. The molecule has 46 heavy (non-hydrogen) atoms. The number of rotatable bonds is 11. The topological polar surface area (TPSA) is 124 Å². The molecule has 1 saturated heterocycles. The fourth-order valence-electron chi connectivity index (χ4n) is 5.18. The number of hydrogen-bond donors (Lipinski definition) is 1. The Kier molecular flexibility index (Phi) is 9.72. The first kappa shape index (κ1) is 32.2. The van der Waals surface area contributed by atoms with E-state index in [4.69, 9.17) is 18.9 Å². The monoisotopic (exact) mass is 642 g/mol. The minimum absolute atomic E-state index is 0.111. The molecule has 1 amide bonds. The molecule has 1 aliphatic heterocycles. The third kappa shape index (κ3) is 6.45. The van der Waals surface area contributed by atoms with E-state index in [1.807, 2.05) is 38.1 Å². The van der Waals surface area contributed by atoms with Crippen molar-refractivity contribution in [2.24, 2.45) is 0 Å². The van der Waals surface area contributed by atoms with E-state index in [0.29, 0.717) is 47.3 Å². The minimum Gasteiger partial charge on any atom is -0.507 e. The molecule has 0 bridgehead atoms. The van der Waals surface area contributed by atoms with Crippen LogP contribution in [0, 0.1) is 13.8 Å². The number of carbonyl (C=O) groups is 3. The lowest BCUT2D eigenvalue weighted by Crippen LogP contribution is -2.29. The Hall–Kier alpha value is -5.16. The zero-order chi connectivity index (χ0) is 33.0. The number of ketones is 1. The lowest BCUT2D eigenvalue weighted by molar-refractivity contribution is -0.132. The zero-order valence-electron chi connectivity index (χ0n) is 26.2. The van der Waals surface area contributed by atoms with Crippen molar-refractivity contribution in [3.8, 4) is 17.2 Å². The molecule has 2 heterocycles. The quantitative estimate of drug-likeness (QED) is 0.0839. The Labute approximate surface area is 270 Å². The Bertz CT molecular complexity index is 1810. The molecule has 1 fully saturated rings. The second kappa shape index (κ2) is 13.9. The minimum atomic E-state index is -1.09. The van der Waals surface area contributed by atoms with Crippen LogP contribution < -0.4 is 19.1 Å². The number of ether oxygens (including phenoxy) is 4. The number of anilines is 1. The number of aliphatic hydroxyl groups is 1. The van der Waals surface area contributed by atoms with Crippen LogP contribution in [0.5, 0.6) is 17.2 Å². The highest BCUT2D eigenvalue weighted by Crippen LogP contribution is 2.45. The average molecular weight is 643 g/mol. The van der Waals surface area contributed by atoms with E-state index in [2.05, 4.69) is 4.98 Å². The van der Waals surface area contributed by atoms with Gasteiger partial charge in [-0.25, -0.2) is 9.78 Å². The lowest BCUT2D eigenvalue weighted by Gasteiger charge is -2.24. The average Bonchev–Trinajstić information content (AvgIpc) is 3.56. The summed E-state index contributed by atoms with van der Waals surface area (Å²) in [6, 6.07) is 18.5. The predicted molar refractivity (Wildman–Crippen MR) is 174 cm³/mol. The van der Waals surface area contributed by atoms with Gasteiger partial charge in [0, 0.05) is 5.56 Å². The molecular formula is C35H34N2O8S. The Morgan fingerprint density at radius 1 is 0.957 bits per heavy atom. The summed E-state index contributed by atoms with van der Waals surface area (Å²) in [5.74, 6) is -1.34. The molecule has 0 spiro atoms. The molecule has 0 saturated carbocycles.